The standard InChI is InChI=1S/C20H19ClN6O2S/c1-13-7-9-15(10-8-13)30(28,29)26-16-6-4-3-5-14(16)11-27-12-23-17-18(22-2)24-20(21)25-19(17)27/h3-10,12,26H,11H2,1-2H3,(H,22,24,25). The van der Waals surface area contributed by atoms with E-state index in [1.165, 1.54) is 0 Å². The van der Waals surface area contributed by atoms with Crippen LogP contribution in [0.25, 0.3) is 11.2 Å². The minimum Gasteiger partial charge on any atom is -0.371 e. The van der Waals surface area contributed by atoms with E-state index in [-0.39, 0.29) is 10.2 Å². The van der Waals surface area contributed by atoms with Gasteiger partial charge < -0.3 is 9.88 Å². The lowest BCUT2D eigenvalue weighted by Crippen LogP contribution is -2.15. The first kappa shape index (κ1) is 20.1. The van der Waals surface area contributed by atoms with Gasteiger partial charge in [0.2, 0.25) is 5.28 Å². The molecule has 2 heterocycles. The number of halogens is 1. The number of para-hydroxylation sites is 1. The minimum absolute atomic E-state index is 0.0990. The number of imidazole rings is 1. The van der Waals surface area contributed by atoms with Crippen LogP contribution in [0.4, 0.5) is 11.5 Å². The molecular formula is C20H19ClN6O2S. The summed E-state index contributed by atoms with van der Waals surface area (Å²) >= 11 is 6.04. The number of anilines is 2. The Morgan fingerprint density at radius 3 is 2.53 bits per heavy atom. The van der Waals surface area contributed by atoms with Crippen LogP contribution in [0.3, 0.4) is 0 Å². The van der Waals surface area contributed by atoms with Gasteiger partial charge in [0.25, 0.3) is 10.0 Å². The number of aromatic nitrogens is 4. The van der Waals surface area contributed by atoms with E-state index in [4.69, 9.17) is 11.6 Å². The smallest absolute Gasteiger partial charge is 0.261 e. The highest BCUT2D eigenvalue weighted by molar-refractivity contribution is 7.92. The molecule has 10 heteroatoms. The predicted molar refractivity (Wildman–Crippen MR) is 117 cm³/mol. The van der Waals surface area contributed by atoms with Gasteiger partial charge in [0.05, 0.1) is 23.5 Å². The maximum atomic E-state index is 12.8. The first-order chi connectivity index (χ1) is 14.4. The van der Waals surface area contributed by atoms with Gasteiger partial charge in [-0.25, -0.2) is 13.4 Å². The third-order valence-corrected chi connectivity index (χ3v) is 6.16. The summed E-state index contributed by atoms with van der Waals surface area (Å²) in [7, 11) is -1.99. The van der Waals surface area contributed by atoms with Crippen molar-refractivity contribution in [2.75, 3.05) is 17.1 Å². The van der Waals surface area contributed by atoms with E-state index < -0.39 is 10.0 Å². The summed E-state index contributed by atoms with van der Waals surface area (Å²) in [5.41, 5.74) is 3.36. The SMILES string of the molecule is CNc1nc(Cl)nc2c1ncn2Cc1ccccc1NS(=O)(=O)c1ccc(C)cc1. The number of hydrogen-bond donors (Lipinski definition) is 2. The molecule has 0 atom stereocenters. The van der Waals surface area contributed by atoms with Gasteiger partial charge in [0, 0.05) is 7.05 Å². The van der Waals surface area contributed by atoms with Crippen LogP contribution in [0.2, 0.25) is 5.28 Å². The lowest BCUT2D eigenvalue weighted by atomic mass is 10.2. The molecular weight excluding hydrogens is 424 g/mol. The third-order valence-electron chi connectivity index (χ3n) is 4.61. The van der Waals surface area contributed by atoms with Crippen LogP contribution in [0.15, 0.2) is 59.8 Å². The maximum absolute atomic E-state index is 12.8. The highest BCUT2D eigenvalue weighted by Crippen LogP contribution is 2.25. The van der Waals surface area contributed by atoms with E-state index in [9.17, 15) is 8.42 Å². The molecule has 0 saturated heterocycles. The second-order valence-corrected chi connectivity index (χ2v) is 8.73. The van der Waals surface area contributed by atoms with Gasteiger partial charge in [-0.2, -0.15) is 9.97 Å². The average molecular weight is 443 g/mol. The van der Waals surface area contributed by atoms with Crippen LogP contribution in [-0.2, 0) is 16.6 Å². The lowest BCUT2D eigenvalue weighted by Gasteiger charge is -2.13. The lowest BCUT2D eigenvalue weighted by molar-refractivity contribution is 0.601. The molecule has 154 valence electrons. The molecule has 0 spiro atoms. The molecule has 4 rings (SSSR count). The topological polar surface area (TPSA) is 102 Å². The van der Waals surface area contributed by atoms with Gasteiger partial charge in [0.1, 0.15) is 0 Å². The third kappa shape index (κ3) is 3.94. The van der Waals surface area contributed by atoms with E-state index in [0.29, 0.717) is 29.2 Å². The van der Waals surface area contributed by atoms with Crippen molar-refractivity contribution in [3.05, 3.63) is 71.3 Å². The van der Waals surface area contributed by atoms with Gasteiger partial charge in [-0.3, -0.25) is 4.72 Å². The number of sulfonamides is 1. The summed E-state index contributed by atoms with van der Waals surface area (Å²) in [6, 6.07) is 13.9. The van der Waals surface area contributed by atoms with Gasteiger partial charge in [0.15, 0.2) is 17.0 Å². The summed E-state index contributed by atoms with van der Waals surface area (Å²) in [6.07, 6.45) is 1.63. The van der Waals surface area contributed by atoms with Crippen LogP contribution >= 0.6 is 11.6 Å². The molecule has 2 aromatic heterocycles. The molecule has 0 fully saturated rings. The zero-order chi connectivity index (χ0) is 21.3. The van der Waals surface area contributed by atoms with Crippen molar-refractivity contribution in [2.45, 2.75) is 18.4 Å². The fraction of sp³-hybridized carbons (Fsp3) is 0.150. The molecule has 0 aliphatic heterocycles. The van der Waals surface area contributed by atoms with E-state index in [0.717, 1.165) is 11.1 Å². The van der Waals surface area contributed by atoms with Gasteiger partial charge in [-0.1, -0.05) is 35.9 Å². The molecule has 0 radical (unpaired) electrons. The highest BCUT2D eigenvalue weighted by atomic mass is 35.5. The first-order valence-electron chi connectivity index (χ1n) is 9.11. The first-order valence-corrected chi connectivity index (χ1v) is 11.0. The van der Waals surface area contributed by atoms with E-state index in [2.05, 4.69) is 25.0 Å². The molecule has 0 unspecified atom stereocenters. The number of rotatable bonds is 6. The zero-order valence-electron chi connectivity index (χ0n) is 16.3. The van der Waals surface area contributed by atoms with Crippen LogP contribution in [0.5, 0.6) is 0 Å². The van der Waals surface area contributed by atoms with E-state index in [1.54, 1.807) is 54.3 Å². The summed E-state index contributed by atoms with van der Waals surface area (Å²) in [4.78, 5) is 13.0. The summed E-state index contributed by atoms with van der Waals surface area (Å²) in [5, 5.41) is 3.05. The Hall–Kier alpha value is -3.17. The summed E-state index contributed by atoms with van der Waals surface area (Å²) in [5.74, 6) is 0.525. The zero-order valence-corrected chi connectivity index (χ0v) is 17.9. The molecule has 4 aromatic rings. The van der Waals surface area contributed by atoms with Crippen molar-refractivity contribution in [3.63, 3.8) is 0 Å². The Bertz CT molecular complexity index is 1320. The molecule has 30 heavy (non-hydrogen) atoms. The number of nitrogens with zero attached hydrogens (tertiary/aromatic N) is 4. The normalized spacial score (nSPS) is 11.6. The minimum atomic E-state index is -3.72. The van der Waals surface area contributed by atoms with Crippen LogP contribution < -0.4 is 10.0 Å². The van der Waals surface area contributed by atoms with Crippen LogP contribution in [0.1, 0.15) is 11.1 Å². The Morgan fingerprint density at radius 1 is 1.07 bits per heavy atom. The van der Waals surface area contributed by atoms with Crippen molar-refractivity contribution in [1.82, 2.24) is 19.5 Å². The molecule has 0 saturated carbocycles. The predicted octanol–water partition coefficient (Wildman–Crippen LogP) is 3.68. The number of aryl methyl sites for hydroxylation is 1. The van der Waals surface area contributed by atoms with Gasteiger partial charge >= 0.3 is 0 Å². The molecule has 0 amide bonds. The van der Waals surface area contributed by atoms with Crippen molar-refractivity contribution >= 4 is 44.3 Å². The molecule has 8 nitrogen and oxygen atoms in total. The van der Waals surface area contributed by atoms with Crippen molar-refractivity contribution in [3.8, 4) is 0 Å². The molecule has 0 aliphatic carbocycles. The Kier molecular flexibility index (Phi) is 5.31. The van der Waals surface area contributed by atoms with Crippen LogP contribution in [0, 0.1) is 6.92 Å². The Labute approximate surface area is 179 Å². The fourth-order valence-corrected chi connectivity index (χ4v) is 4.34. The highest BCUT2D eigenvalue weighted by Gasteiger charge is 2.17. The van der Waals surface area contributed by atoms with E-state index >= 15 is 0 Å². The Morgan fingerprint density at radius 2 is 1.80 bits per heavy atom. The monoisotopic (exact) mass is 442 g/mol. The maximum Gasteiger partial charge on any atom is 0.261 e. The quantitative estimate of drug-likeness (QED) is 0.441. The molecule has 2 N–H and O–H groups in total. The molecule has 0 aliphatic rings. The second-order valence-electron chi connectivity index (χ2n) is 6.71. The summed E-state index contributed by atoms with van der Waals surface area (Å²) in [6.45, 7) is 2.25. The van der Waals surface area contributed by atoms with Gasteiger partial charge in [-0.05, 0) is 42.3 Å². The van der Waals surface area contributed by atoms with Crippen molar-refractivity contribution < 1.29 is 8.42 Å². The molecule has 2 aromatic carbocycles. The van der Waals surface area contributed by atoms with E-state index in [1.807, 2.05) is 19.1 Å². The second kappa shape index (κ2) is 7.92. The summed E-state index contributed by atoms with van der Waals surface area (Å²) < 4.78 is 30.1. The number of nitrogens with one attached hydrogen (secondary N) is 2. The average Bonchev–Trinajstić information content (AvgIpc) is 3.11. The van der Waals surface area contributed by atoms with Gasteiger partial charge in [-0.15, -0.1) is 0 Å². The number of benzene rings is 2. The van der Waals surface area contributed by atoms with Crippen LogP contribution in [-0.4, -0.2) is 35.0 Å². The largest absolute Gasteiger partial charge is 0.371 e. The van der Waals surface area contributed by atoms with Crippen molar-refractivity contribution in [2.24, 2.45) is 0 Å². The molecule has 0 bridgehead atoms. The number of hydrogen-bond acceptors (Lipinski definition) is 6. The Balaban J connectivity index is 1.69. The fourth-order valence-electron chi connectivity index (χ4n) is 3.07. The number of fused-ring (bicyclic) bond motifs is 1. The van der Waals surface area contributed by atoms with Crippen molar-refractivity contribution in [1.29, 1.82) is 0 Å².